The Labute approximate surface area is 204 Å². The summed E-state index contributed by atoms with van der Waals surface area (Å²) in [6.07, 6.45) is 8.03. The Bertz CT molecular complexity index is 1000. The van der Waals surface area contributed by atoms with E-state index in [1.165, 1.54) is 24.1 Å². The summed E-state index contributed by atoms with van der Waals surface area (Å²) in [6, 6.07) is 5.71. The lowest BCUT2D eigenvalue weighted by molar-refractivity contribution is 0.248. The fourth-order valence-corrected chi connectivity index (χ4v) is 5.46. The molecule has 8 nitrogen and oxygen atoms in total. The number of rotatable bonds is 6. The minimum atomic E-state index is -0.426. The maximum absolute atomic E-state index is 12.4. The van der Waals surface area contributed by atoms with Crippen LogP contribution in [0.2, 0.25) is 0 Å². The van der Waals surface area contributed by atoms with Crippen LogP contribution in [0.3, 0.4) is 0 Å². The van der Waals surface area contributed by atoms with Crippen molar-refractivity contribution in [3.63, 3.8) is 0 Å². The van der Waals surface area contributed by atoms with Gasteiger partial charge < -0.3 is 21.7 Å². The van der Waals surface area contributed by atoms with Gasteiger partial charge in [0.2, 0.25) is 5.95 Å². The van der Waals surface area contributed by atoms with Gasteiger partial charge in [0.05, 0.1) is 5.69 Å². The molecule has 2 aliphatic rings. The smallest absolute Gasteiger partial charge is 0.319 e. The quantitative estimate of drug-likeness (QED) is 0.536. The lowest BCUT2D eigenvalue weighted by Gasteiger charge is -2.36. The second-order valence-corrected chi connectivity index (χ2v) is 10.1. The highest BCUT2D eigenvalue weighted by Gasteiger charge is 2.30. The molecule has 0 spiro atoms. The van der Waals surface area contributed by atoms with E-state index in [-0.39, 0.29) is 12.1 Å². The number of halogens is 1. The summed E-state index contributed by atoms with van der Waals surface area (Å²) in [4.78, 5) is 25.9. The third-order valence-corrected chi connectivity index (χ3v) is 7.52. The number of carbonyl (C=O) groups excluding carboxylic acids is 1. The number of benzene rings is 1. The number of fused-ring (bicyclic) bond motifs is 1. The predicted octanol–water partition coefficient (Wildman–Crippen LogP) is 3.95. The van der Waals surface area contributed by atoms with Crippen LogP contribution in [0.15, 0.2) is 22.7 Å². The van der Waals surface area contributed by atoms with Gasteiger partial charge in [0.15, 0.2) is 0 Å². The van der Waals surface area contributed by atoms with Gasteiger partial charge in [-0.15, -0.1) is 0 Å². The van der Waals surface area contributed by atoms with Crippen molar-refractivity contribution in [1.29, 1.82) is 0 Å². The van der Waals surface area contributed by atoms with Gasteiger partial charge >= 0.3 is 6.03 Å². The molecule has 1 aromatic heterocycles. The van der Waals surface area contributed by atoms with E-state index in [0.29, 0.717) is 6.54 Å². The molecule has 9 heteroatoms. The number of carbonyl (C=O) groups is 1. The largest absolute Gasteiger partial charge is 0.362 e. The first-order chi connectivity index (χ1) is 15.9. The summed E-state index contributed by atoms with van der Waals surface area (Å²) < 4.78 is 0.938. The molecule has 1 aromatic carbocycles. The van der Waals surface area contributed by atoms with Crippen molar-refractivity contribution in [3.8, 4) is 0 Å². The van der Waals surface area contributed by atoms with Crippen molar-refractivity contribution >= 4 is 39.4 Å². The summed E-state index contributed by atoms with van der Waals surface area (Å²) in [6.45, 7) is 0.396. The van der Waals surface area contributed by atoms with Gasteiger partial charge in [0.25, 0.3) is 0 Å². The number of hydrogen-bond acceptors (Lipinski definition) is 6. The molecule has 33 heavy (non-hydrogen) atoms. The monoisotopic (exact) mass is 515 g/mol. The number of aromatic nitrogens is 2. The van der Waals surface area contributed by atoms with Crippen molar-refractivity contribution in [2.24, 2.45) is 11.5 Å². The van der Waals surface area contributed by atoms with Crippen LogP contribution in [0.4, 0.5) is 22.2 Å². The summed E-state index contributed by atoms with van der Waals surface area (Å²) in [7, 11) is 4.09. The molecule has 0 atom stereocenters. The Morgan fingerprint density at radius 2 is 1.88 bits per heavy atom. The summed E-state index contributed by atoms with van der Waals surface area (Å²) in [5, 5.41) is 3.57. The minimum Gasteiger partial charge on any atom is -0.362 e. The van der Waals surface area contributed by atoms with E-state index in [1.807, 2.05) is 32.3 Å². The van der Waals surface area contributed by atoms with Crippen LogP contribution in [0.5, 0.6) is 0 Å². The molecule has 1 heterocycles. The standard InChI is InChI=1S/C24H34BrN7O/c1-31(2)22-19-5-3-4-6-21(19)29-24(30-22)28-16-7-9-17(10-8-16)32(23(27)33)18-11-12-20(25)15(13-18)14-26/h11-13,16-17H,3-10,14,26H2,1-2H3,(H2,27,33)(H,28,29,30)/t16-,17+. The van der Waals surface area contributed by atoms with Crippen molar-refractivity contribution in [2.75, 3.05) is 29.2 Å². The van der Waals surface area contributed by atoms with Crippen LogP contribution in [-0.4, -0.2) is 42.2 Å². The van der Waals surface area contributed by atoms with E-state index >= 15 is 0 Å². The highest BCUT2D eigenvalue weighted by molar-refractivity contribution is 9.10. The van der Waals surface area contributed by atoms with Crippen molar-refractivity contribution in [2.45, 2.75) is 70.0 Å². The molecule has 0 bridgehead atoms. The van der Waals surface area contributed by atoms with Gasteiger partial charge in [-0.25, -0.2) is 9.78 Å². The van der Waals surface area contributed by atoms with Gasteiger partial charge in [-0.2, -0.15) is 4.98 Å². The maximum atomic E-state index is 12.4. The van der Waals surface area contributed by atoms with E-state index in [0.717, 1.165) is 66.0 Å². The number of hydrogen-bond donors (Lipinski definition) is 3. The second kappa shape index (κ2) is 10.3. The molecule has 2 amide bonds. The molecule has 5 N–H and O–H groups in total. The molecule has 0 unspecified atom stereocenters. The van der Waals surface area contributed by atoms with E-state index in [2.05, 4.69) is 26.1 Å². The molecule has 0 aliphatic heterocycles. The zero-order chi connectivity index (χ0) is 23.5. The number of nitrogens with two attached hydrogens (primary N) is 2. The number of urea groups is 1. The molecule has 1 saturated carbocycles. The summed E-state index contributed by atoms with van der Waals surface area (Å²) in [5.41, 5.74) is 15.9. The second-order valence-electron chi connectivity index (χ2n) is 9.24. The van der Waals surface area contributed by atoms with Crippen molar-refractivity contribution < 1.29 is 4.79 Å². The molecule has 2 aliphatic carbocycles. The number of nitrogens with one attached hydrogen (secondary N) is 1. The van der Waals surface area contributed by atoms with Crippen LogP contribution < -0.4 is 26.6 Å². The number of anilines is 3. The minimum absolute atomic E-state index is 0.0640. The first-order valence-electron chi connectivity index (χ1n) is 11.8. The molecule has 2 aromatic rings. The highest BCUT2D eigenvalue weighted by atomic mass is 79.9. The average Bonchev–Trinajstić information content (AvgIpc) is 2.80. The Morgan fingerprint density at radius 3 is 2.55 bits per heavy atom. The number of primary amides is 1. The Kier molecular flexibility index (Phi) is 7.38. The van der Waals surface area contributed by atoms with Crippen LogP contribution in [0.1, 0.15) is 55.3 Å². The molecule has 4 rings (SSSR count). The lowest BCUT2D eigenvalue weighted by Crippen LogP contribution is -2.47. The van der Waals surface area contributed by atoms with E-state index in [4.69, 9.17) is 21.4 Å². The maximum Gasteiger partial charge on any atom is 0.319 e. The van der Waals surface area contributed by atoms with Crippen LogP contribution in [0, 0.1) is 0 Å². The first-order valence-corrected chi connectivity index (χ1v) is 12.6. The van der Waals surface area contributed by atoms with E-state index in [9.17, 15) is 4.79 Å². The number of nitrogens with zero attached hydrogens (tertiary/aromatic N) is 4. The fourth-order valence-electron chi connectivity index (χ4n) is 5.06. The van der Waals surface area contributed by atoms with E-state index < -0.39 is 6.03 Å². The van der Waals surface area contributed by atoms with E-state index in [1.54, 1.807) is 4.90 Å². The van der Waals surface area contributed by atoms with Gasteiger partial charge in [-0.1, -0.05) is 15.9 Å². The third kappa shape index (κ3) is 5.24. The van der Waals surface area contributed by atoms with Crippen LogP contribution >= 0.6 is 15.9 Å². The normalized spacial score (nSPS) is 20.1. The molecular weight excluding hydrogens is 482 g/mol. The summed E-state index contributed by atoms with van der Waals surface area (Å²) >= 11 is 3.51. The first kappa shape index (κ1) is 23.8. The number of aryl methyl sites for hydroxylation is 1. The van der Waals surface area contributed by atoms with Crippen molar-refractivity contribution in [3.05, 3.63) is 39.5 Å². The molecule has 0 radical (unpaired) electrons. The van der Waals surface area contributed by atoms with Crippen LogP contribution in [0.25, 0.3) is 0 Å². The third-order valence-electron chi connectivity index (χ3n) is 6.74. The molecule has 1 fully saturated rings. The zero-order valence-electron chi connectivity index (χ0n) is 19.5. The van der Waals surface area contributed by atoms with Gasteiger partial charge in [-0.3, -0.25) is 4.90 Å². The highest BCUT2D eigenvalue weighted by Crippen LogP contribution is 2.32. The molecular formula is C24H34BrN7O. The molecule has 0 saturated heterocycles. The average molecular weight is 516 g/mol. The predicted molar refractivity (Wildman–Crippen MR) is 137 cm³/mol. The van der Waals surface area contributed by atoms with Gasteiger partial charge in [0, 0.05) is 48.4 Å². The number of amides is 2. The SMILES string of the molecule is CN(C)c1nc(N[C@H]2CC[C@@H](N(C(N)=O)c3ccc(Br)c(CN)c3)CC2)nc2c1CCCC2. The fraction of sp³-hybridized carbons (Fsp3) is 0.542. The van der Waals surface area contributed by atoms with Gasteiger partial charge in [0.1, 0.15) is 5.82 Å². The lowest BCUT2D eigenvalue weighted by atomic mass is 9.90. The topological polar surface area (TPSA) is 113 Å². The zero-order valence-corrected chi connectivity index (χ0v) is 21.1. The molecule has 178 valence electrons. The van der Waals surface area contributed by atoms with Crippen LogP contribution in [-0.2, 0) is 19.4 Å². The Morgan fingerprint density at radius 1 is 1.15 bits per heavy atom. The van der Waals surface area contributed by atoms with Gasteiger partial charge in [-0.05, 0) is 75.1 Å². The van der Waals surface area contributed by atoms with Crippen molar-refractivity contribution in [1.82, 2.24) is 9.97 Å². The summed E-state index contributed by atoms with van der Waals surface area (Å²) in [5.74, 6) is 1.75. The Balaban J connectivity index is 1.45. The Hall–Kier alpha value is -2.39.